The number of rotatable bonds is 3. The first kappa shape index (κ1) is 10.9. The molecular formula is C11H11ClFN. The van der Waals surface area contributed by atoms with E-state index >= 15 is 0 Å². The van der Waals surface area contributed by atoms with E-state index in [1.54, 1.807) is 6.07 Å². The maximum absolute atomic E-state index is 12.9. The number of hydrogen-bond acceptors (Lipinski definition) is 1. The minimum absolute atomic E-state index is 0.0899. The Balaban J connectivity index is 2.82. The molecule has 1 nitrogen and oxygen atoms in total. The van der Waals surface area contributed by atoms with Crippen LogP contribution in [0.15, 0.2) is 18.2 Å². The lowest BCUT2D eigenvalue weighted by atomic mass is 10.2. The predicted octanol–water partition coefficient (Wildman–Crippen LogP) is 3.30. The van der Waals surface area contributed by atoms with Gasteiger partial charge in [0.2, 0.25) is 0 Å². The van der Waals surface area contributed by atoms with Gasteiger partial charge in [-0.1, -0.05) is 24.4 Å². The maximum atomic E-state index is 12.9. The highest BCUT2D eigenvalue weighted by Gasteiger charge is 2.03. The lowest BCUT2D eigenvalue weighted by molar-refractivity contribution is 0.628. The second-order valence-corrected chi connectivity index (χ2v) is 3.37. The molecule has 0 aliphatic rings. The zero-order chi connectivity index (χ0) is 10.6. The van der Waals surface area contributed by atoms with E-state index in [2.05, 4.69) is 11.2 Å². The summed E-state index contributed by atoms with van der Waals surface area (Å²) in [5, 5.41) is 3.36. The quantitative estimate of drug-likeness (QED) is 0.757. The highest BCUT2D eigenvalue weighted by Crippen LogP contribution is 2.18. The fourth-order valence-corrected chi connectivity index (χ4v) is 1.32. The summed E-state index contributed by atoms with van der Waals surface area (Å²) in [5.74, 6) is 2.19. The summed E-state index contributed by atoms with van der Waals surface area (Å²) in [5.41, 5.74) is 0.611. The van der Waals surface area contributed by atoms with E-state index in [-0.39, 0.29) is 11.9 Å². The Kier molecular flexibility index (Phi) is 3.79. The Bertz CT molecular complexity index is 337. The fourth-order valence-electron chi connectivity index (χ4n) is 1.10. The summed E-state index contributed by atoms with van der Waals surface area (Å²) >= 11 is 5.69. The molecule has 3 heteroatoms. The van der Waals surface area contributed by atoms with Crippen LogP contribution >= 0.6 is 11.6 Å². The standard InChI is InChI=1S/C11H11ClFN/c1-3-10(4-2)14-11-6-8(12)5-9(13)7-11/h1,5-7,10,14H,4H2,2H3. The molecule has 0 aliphatic carbocycles. The van der Waals surface area contributed by atoms with Gasteiger partial charge in [-0.3, -0.25) is 0 Å². The van der Waals surface area contributed by atoms with Crippen LogP contribution in [0.25, 0.3) is 0 Å². The first-order chi connectivity index (χ1) is 6.65. The Morgan fingerprint density at radius 3 is 2.79 bits per heavy atom. The van der Waals surface area contributed by atoms with Gasteiger partial charge in [0.1, 0.15) is 5.82 Å². The van der Waals surface area contributed by atoms with Crippen molar-refractivity contribution >= 4 is 17.3 Å². The van der Waals surface area contributed by atoms with Crippen molar-refractivity contribution in [2.45, 2.75) is 19.4 Å². The SMILES string of the molecule is C#CC(CC)Nc1cc(F)cc(Cl)c1. The molecule has 1 N–H and O–H groups in total. The van der Waals surface area contributed by atoms with E-state index in [1.165, 1.54) is 12.1 Å². The first-order valence-corrected chi connectivity index (χ1v) is 4.72. The van der Waals surface area contributed by atoms with Crippen molar-refractivity contribution in [3.8, 4) is 12.3 Å². The van der Waals surface area contributed by atoms with Gasteiger partial charge in [0.15, 0.2) is 0 Å². The third kappa shape index (κ3) is 2.93. The number of halogens is 2. The molecule has 74 valence electrons. The zero-order valence-electron chi connectivity index (χ0n) is 7.85. The van der Waals surface area contributed by atoms with Crippen molar-refractivity contribution in [1.82, 2.24) is 0 Å². The van der Waals surface area contributed by atoms with Crippen molar-refractivity contribution in [1.29, 1.82) is 0 Å². The van der Waals surface area contributed by atoms with E-state index in [9.17, 15) is 4.39 Å². The van der Waals surface area contributed by atoms with Crippen LogP contribution in [-0.2, 0) is 0 Å². The van der Waals surface area contributed by atoms with E-state index in [1.807, 2.05) is 6.92 Å². The topological polar surface area (TPSA) is 12.0 Å². The van der Waals surface area contributed by atoms with Crippen molar-refractivity contribution in [3.63, 3.8) is 0 Å². The molecule has 1 unspecified atom stereocenters. The maximum Gasteiger partial charge on any atom is 0.126 e. The highest BCUT2D eigenvalue weighted by molar-refractivity contribution is 6.30. The van der Waals surface area contributed by atoms with Gasteiger partial charge in [-0.25, -0.2) is 4.39 Å². The van der Waals surface area contributed by atoms with Crippen LogP contribution in [0.1, 0.15) is 13.3 Å². The van der Waals surface area contributed by atoms with E-state index in [0.717, 1.165) is 6.42 Å². The molecule has 0 aromatic heterocycles. The summed E-state index contributed by atoms with van der Waals surface area (Å²) in [6, 6.07) is 4.17. The largest absolute Gasteiger partial charge is 0.371 e. The smallest absolute Gasteiger partial charge is 0.126 e. The van der Waals surface area contributed by atoms with Crippen LogP contribution in [-0.4, -0.2) is 6.04 Å². The van der Waals surface area contributed by atoms with Gasteiger partial charge in [-0.15, -0.1) is 6.42 Å². The van der Waals surface area contributed by atoms with Crippen molar-refractivity contribution in [2.24, 2.45) is 0 Å². The molecule has 1 rings (SSSR count). The molecule has 0 amide bonds. The number of nitrogens with one attached hydrogen (secondary N) is 1. The molecule has 14 heavy (non-hydrogen) atoms. The van der Waals surface area contributed by atoms with Gasteiger partial charge >= 0.3 is 0 Å². The van der Waals surface area contributed by atoms with Crippen LogP contribution in [0.5, 0.6) is 0 Å². The highest BCUT2D eigenvalue weighted by atomic mass is 35.5. The van der Waals surface area contributed by atoms with Crippen molar-refractivity contribution in [3.05, 3.63) is 29.0 Å². The molecule has 0 aliphatic heterocycles. The van der Waals surface area contributed by atoms with Crippen LogP contribution in [0, 0.1) is 18.2 Å². The number of anilines is 1. The first-order valence-electron chi connectivity index (χ1n) is 4.34. The van der Waals surface area contributed by atoms with Crippen LogP contribution < -0.4 is 5.32 Å². The predicted molar refractivity (Wildman–Crippen MR) is 57.9 cm³/mol. The summed E-state index contributed by atoms with van der Waals surface area (Å²) in [4.78, 5) is 0. The Morgan fingerprint density at radius 2 is 2.29 bits per heavy atom. The van der Waals surface area contributed by atoms with Crippen LogP contribution in [0.4, 0.5) is 10.1 Å². The second-order valence-electron chi connectivity index (χ2n) is 2.93. The van der Waals surface area contributed by atoms with Crippen LogP contribution in [0.3, 0.4) is 0 Å². The molecule has 0 radical (unpaired) electrons. The van der Waals surface area contributed by atoms with E-state index in [4.69, 9.17) is 18.0 Å². The van der Waals surface area contributed by atoms with Gasteiger partial charge in [0.05, 0.1) is 6.04 Å². The van der Waals surface area contributed by atoms with Crippen LogP contribution in [0.2, 0.25) is 5.02 Å². The van der Waals surface area contributed by atoms with Gasteiger partial charge in [-0.2, -0.15) is 0 Å². The molecule has 0 saturated heterocycles. The summed E-state index contributed by atoms with van der Waals surface area (Å²) in [6.45, 7) is 1.96. The lowest BCUT2D eigenvalue weighted by Gasteiger charge is -2.12. The van der Waals surface area contributed by atoms with Crippen molar-refractivity contribution in [2.75, 3.05) is 5.32 Å². The molecule has 0 heterocycles. The van der Waals surface area contributed by atoms with Gasteiger partial charge in [-0.05, 0) is 24.6 Å². The van der Waals surface area contributed by atoms with E-state index in [0.29, 0.717) is 10.7 Å². The Labute approximate surface area is 88.3 Å². The third-order valence-electron chi connectivity index (χ3n) is 1.81. The molecule has 0 saturated carbocycles. The average molecular weight is 212 g/mol. The summed E-state index contributed by atoms with van der Waals surface area (Å²) in [6.07, 6.45) is 6.05. The fraction of sp³-hybridized carbons (Fsp3) is 0.273. The number of terminal acetylenes is 1. The third-order valence-corrected chi connectivity index (χ3v) is 2.03. The molecular weight excluding hydrogens is 201 g/mol. The molecule has 0 bridgehead atoms. The van der Waals surface area contributed by atoms with Gasteiger partial charge in [0, 0.05) is 10.7 Å². The normalized spacial score (nSPS) is 11.9. The average Bonchev–Trinajstić information content (AvgIpc) is 2.12. The second kappa shape index (κ2) is 4.88. The summed E-state index contributed by atoms with van der Waals surface area (Å²) in [7, 11) is 0. The Hall–Kier alpha value is -1.20. The monoisotopic (exact) mass is 211 g/mol. The zero-order valence-corrected chi connectivity index (χ0v) is 8.61. The molecule has 0 fully saturated rings. The lowest BCUT2D eigenvalue weighted by Crippen LogP contribution is -2.15. The molecule has 1 aromatic rings. The minimum atomic E-state index is -0.369. The molecule has 0 spiro atoms. The van der Waals surface area contributed by atoms with Crippen molar-refractivity contribution < 1.29 is 4.39 Å². The van der Waals surface area contributed by atoms with Gasteiger partial charge < -0.3 is 5.32 Å². The molecule has 1 aromatic carbocycles. The minimum Gasteiger partial charge on any atom is -0.371 e. The summed E-state index contributed by atoms with van der Waals surface area (Å²) < 4.78 is 12.9. The number of benzene rings is 1. The van der Waals surface area contributed by atoms with E-state index < -0.39 is 0 Å². The Morgan fingerprint density at radius 1 is 1.57 bits per heavy atom. The van der Waals surface area contributed by atoms with Gasteiger partial charge in [0.25, 0.3) is 0 Å². The number of hydrogen-bond donors (Lipinski definition) is 1. The molecule has 1 atom stereocenters.